The molecular weight excluding hydrogens is 254 g/mol. The molecule has 0 radical (unpaired) electrons. The van der Waals surface area contributed by atoms with E-state index in [-0.39, 0.29) is 11.8 Å². The second-order valence-electron chi connectivity index (χ2n) is 5.83. The molecule has 1 aromatic rings. The number of nitrogens with zero attached hydrogens (tertiary/aromatic N) is 3. The number of imidazole rings is 1. The Kier molecular flexibility index (Phi) is 4.65. The van der Waals surface area contributed by atoms with Gasteiger partial charge in [-0.15, -0.1) is 0 Å². The number of nitrogens with two attached hydrogens (primary N) is 1. The predicted molar refractivity (Wildman–Crippen MR) is 79.3 cm³/mol. The maximum Gasteiger partial charge on any atom is 0.220 e. The van der Waals surface area contributed by atoms with Crippen LogP contribution in [0.25, 0.3) is 0 Å². The van der Waals surface area contributed by atoms with Gasteiger partial charge in [0.05, 0.1) is 11.9 Å². The van der Waals surface area contributed by atoms with Crippen molar-refractivity contribution in [1.29, 1.82) is 0 Å². The van der Waals surface area contributed by atoms with Crippen LogP contribution in [0.1, 0.15) is 31.4 Å². The molecule has 2 rings (SSSR count). The molecule has 1 fully saturated rings. The SMILES string of the molecule is CN(C)c1ncc(CNC2CCC(C(N)=O)CC2)n1C. The van der Waals surface area contributed by atoms with Gasteiger partial charge in [0, 0.05) is 39.6 Å². The Morgan fingerprint density at radius 3 is 2.60 bits per heavy atom. The number of anilines is 1. The molecule has 0 aliphatic heterocycles. The van der Waals surface area contributed by atoms with Gasteiger partial charge in [-0.1, -0.05) is 0 Å². The van der Waals surface area contributed by atoms with Crippen molar-refractivity contribution in [2.75, 3.05) is 19.0 Å². The average molecular weight is 279 g/mol. The lowest BCUT2D eigenvalue weighted by atomic mass is 9.85. The Labute approximate surface area is 120 Å². The molecule has 3 N–H and O–H groups in total. The summed E-state index contributed by atoms with van der Waals surface area (Å²) >= 11 is 0. The number of primary amides is 1. The molecular formula is C14H25N5O. The monoisotopic (exact) mass is 279 g/mol. The summed E-state index contributed by atoms with van der Waals surface area (Å²) in [5.74, 6) is 0.884. The summed E-state index contributed by atoms with van der Waals surface area (Å²) in [5.41, 5.74) is 6.52. The molecule has 1 amide bonds. The molecule has 0 atom stereocenters. The number of carbonyl (C=O) groups excluding carboxylic acids is 1. The van der Waals surface area contributed by atoms with Crippen LogP contribution in [0.15, 0.2) is 6.20 Å². The maximum absolute atomic E-state index is 11.1. The van der Waals surface area contributed by atoms with E-state index in [1.165, 1.54) is 5.69 Å². The Bertz CT molecular complexity index is 460. The molecule has 20 heavy (non-hydrogen) atoms. The van der Waals surface area contributed by atoms with Crippen molar-refractivity contribution >= 4 is 11.9 Å². The highest BCUT2D eigenvalue weighted by Crippen LogP contribution is 2.24. The first-order valence-corrected chi connectivity index (χ1v) is 7.19. The molecule has 1 aromatic heterocycles. The molecule has 6 nitrogen and oxygen atoms in total. The second kappa shape index (κ2) is 6.26. The summed E-state index contributed by atoms with van der Waals surface area (Å²) in [6, 6.07) is 0.475. The van der Waals surface area contributed by atoms with Gasteiger partial charge in [-0.05, 0) is 25.7 Å². The maximum atomic E-state index is 11.1. The number of carbonyl (C=O) groups is 1. The van der Waals surface area contributed by atoms with E-state index in [2.05, 4.69) is 14.9 Å². The third-order valence-electron chi connectivity index (χ3n) is 4.16. The van der Waals surface area contributed by atoms with Gasteiger partial charge in [-0.3, -0.25) is 4.79 Å². The molecule has 1 saturated carbocycles. The van der Waals surface area contributed by atoms with Gasteiger partial charge in [0.1, 0.15) is 0 Å². The van der Waals surface area contributed by atoms with Crippen LogP contribution in [-0.4, -0.2) is 35.6 Å². The van der Waals surface area contributed by atoms with Crippen molar-refractivity contribution in [3.8, 4) is 0 Å². The third kappa shape index (κ3) is 3.30. The third-order valence-corrected chi connectivity index (χ3v) is 4.16. The smallest absolute Gasteiger partial charge is 0.220 e. The standard InChI is InChI=1S/C14H25N5O/c1-18(2)14-17-9-12(19(14)3)8-16-11-6-4-10(5-7-11)13(15)20/h9-11,16H,4-8H2,1-3H3,(H2,15,20). The predicted octanol–water partition coefficient (Wildman–Crippen LogP) is 0.620. The quantitative estimate of drug-likeness (QED) is 0.828. The van der Waals surface area contributed by atoms with Crippen molar-refractivity contribution in [3.63, 3.8) is 0 Å². The van der Waals surface area contributed by atoms with E-state index >= 15 is 0 Å². The molecule has 1 heterocycles. The van der Waals surface area contributed by atoms with Gasteiger partial charge in [-0.25, -0.2) is 4.98 Å². The zero-order valence-corrected chi connectivity index (χ0v) is 12.6. The highest BCUT2D eigenvalue weighted by Gasteiger charge is 2.24. The second-order valence-corrected chi connectivity index (χ2v) is 5.83. The Hall–Kier alpha value is -1.56. The van der Waals surface area contributed by atoms with Crippen LogP contribution in [0, 0.1) is 5.92 Å². The van der Waals surface area contributed by atoms with Gasteiger partial charge in [0.25, 0.3) is 0 Å². The molecule has 1 aliphatic carbocycles. The van der Waals surface area contributed by atoms with Gasteiger partial charge in [0.2, 0.25) is 11.9 Å². The topological polar surface area (TPSA) is 76.2 Å². The van der Waals surface area contributed by atoms with Crippen LogP contribution in [-0.2, 0) is 18.4 Å². The first kappa shape index (κ1) is 14.8. The minimum absolute atomic E-state index is 0.0742. The lowest BCUT2D eigenvalue weighted by molar-refractivity contribution is -0.122. The number of nitrogens with one attached hydrogen (secondary N) is 1. The summed E-state index contributed by atoms with van der Waals surface area (Å²) in [6.07, 6.45) is 5.76. The fourth-order valence-electron chi connectivity index (χ4n) is 2.84. The van der Waals surface area contributed by atoms with Crippen molar-refractivity contribution in [2.45, 2.75) is 38.3 Å². The number of hydrogen-bond acceptors (Lipinski definition) is 4. The van der Waals surface area contributed by atoms with E-state index in [0.717, 1.165) is 38.2 Å². The van der Waals surface area contributed by atoms with E-state index in [0.29, 0.717) is 6.04 Å². The Balaban J connectivity index is 1.83. The van der Waals surface area contributed by atoms with Crippen LogP contribution in [0.3, 0.4) is 0 Å². The zero-order valence-electron chi connectivity index (χ0n) is 12.6. The van der Waals surface area contributed by atoms with E-state index < -0.39 is 0 Å². The van der Waals surface area contributed by atoms with Crippen LogP contribution in [0.4, 0.5) is 5.95 Å². The highest BCUT2D eigenvalue weighted by molar-refractivity contribution is 5.76. The molecule has 112 valence electrons. The summed E-state index contributed by atoms with van der Waals surface area (Å²) in [5, 5.41) is 3.56. The first-order chi connectivity index (χ1) is 9.49. The minimum Gasteiger partial charge on any atom is -0.369 e. The minimum atomic E-state index is -0.147. The largest absolute Gasteiger partial charge is 0.369 e. The van der Waals surface area contributed by atoms with Crippen LogP contribution in [0.5, 0.6) is 0 Å². The summed E-state index contributed by atoms with van der Waals surface area (Å²) < 4.78 is 2.10. The molecule has 0 unspecified atom stereocenters. The van der Waals surface area contributed by atoms with E-state index in [1.54, 1.807) is 0 Å². The van der Waals surface area contributed by atoms with Gasteiger partial charge in [-0.2, -0.15) is 0 Å². The molecule has 1 aliphatic rings. The fourth-order valence-corrected chi connectivity index (χ4v) is 2.84. The Morgan fingerprint density at radius 1 is 1.45 bits per heavy atom. The zero-order chi connectivity index (χ0) is 14.7. The van der Waals surface area contributed by atoms with Crippen LogP contribution >= 0.6 is 0 Å². The molecule has 0 spiro atoms. The number of aromatic nitrogens is 2. The average Bonchev–Trinajstić information content (AvgIpc) is 2.78. The van der Waals surface area contributed by atoms with Crippen LogP contribution < -0.4 is 16.0 Å². The lowest BCUT2D eigenvalue weighted by Gasteiger charge is -2.27. The number of hydrogen-bond donors (Lipinski definition) is 2. The van der Waals surface area contributed by atoms with Crippen molar-refractivity contribution in [2.24, 2.45) is 18.7 Å². The number of amides is 1. The van der Waals surface area contributed by atoms with E-state index in [9.17, 15) is 4.79 Å². The molecule has 0 bridgehead atoms. The molecule has 6 heteroatoms. The lowest BCUT2D eigenvalue weighted by Crippen LogP contribution is -2.36. The summed E-state index contributed by atoms with van der Waals surface area (Å²) in [7, 11) is 6.01. The van der Waals surface area contributed by atoms with Gasteiger partial charge < -0.3 is 20.5 Å². The molecule has 0 saturated heterocycles. The van der Waals surface area contributed by atoms with E-state index in [1.807, 2.05) is 32.2 Å². The van der Waals surface area contributed by atoms with Gasteiger partial charge in [0.15, 0.2) is 0 Å². The molecule has 0 aromatic carbocycles. The fraction of sp³-hybridized carbons (Fsp3) is 0.714. The van der Waals surface area contributed by atoms with Crippen molar-refractivity contribution < 1.29 is 4.79 Å². The summed E-state index contributed by atoms with van der Waals surface area (Å²) in [4.78, 5) is 17.5. The summed E-state index contributed by atoms with van der Waals surface area (Å²) in [6.45, 7) is 0.809. The van der Waals surface area contributed by atoms with Crippen molar-refractivity contribution in [1.82, 2.24) is 14.9 Å². The highest BCUT2D eigenvalue weighted by atomic mass is 16.1. The normalized spacial score (nSPS) is 22.8. The van der Waals surface area contributed by atoms with Crippen molar-refractivity contribution in [3.05, 3.63) is 11.9 Å². The Morgan fingerprint density at radius 2 is 2.10 bits per heavy atom. The van der Waals surface area contributed by atoms with Crippen LogP contribution in [0.2, 0.25) is 0 Å². The first-order valence-electron chi connectivity index (χ1n) is 7.19. The number of rotatable bonds is 5. The van der Waals surface area contributed by atoms with E-state index in [4.69, 9.17) is 5.73 Å². The van der Waals surface area contributed by atoms with Gasteiger partial charge >= 0.3 is 0 Å².